The summed E-state index contributed by atoms with van der Waals surface area (Å²) in [6.07, 6.45) is 16.3. The summed E-state index contributed by atoms with van der Waals surface area (Å²) in [4.78, 5) is 0. The summed E-state index contributed by atoms with van der Waals surface area (Å²) >= 11 is 0. The molecule has 0 spiro atoms. The van der Waals surface area contributed by atoms with Crippen LogP contribution in [0.2, 0.25) is 0 Å². The third-order valence-electron chi connectivity index (χ3n) is 6.95. The van der Waals surface area contributed by atoms with Crippen molar-refractivity contribution in [3.05, 3.63) is 65.2 Å². The van der Waals surface area contributed by atoms with Crippen molar-refractivity contribution in [2.24, 2.45) is 11.8 Å². The summed E-state index contributed by atoms with van der Waals surface area (Å²) in [6, 6.07) is 17.0. The van der Waals surface area contributed by atoms with E-state index in [1.54, 1.807) is 0 Å². The molecule has 0 saturated heterocycles. The molecule has 0 amide bonds. The number of unbranched alkanes of at least 4 members (excludes halogenated alkanes) is 3. The number of ether oxygens (including phenoxy) is 1. The lowest BCUT2D eigenvalue weighted by atomic mass is 9.78. The van der Waals surface area contributed by atoms with Crippen LogP contribution in [0.3, 0.4) is 0 Å². The molecule has 172 valence electrons. The molecular formula is C31H42O. The summed E-state index contributed by atoms with van der Waals surface area (Å²) in [7, 11) is 0. The van der Waals surface area contributed by atoms with E-state index in [0.29, 0.717) is 0 Å². The second-order valence-electron chi connectivity index (χ2n) is 9.59. The zero-order valence-electron chi connectivity index (χ0n) is 20.4. The maximum Gasteiger partial charge on any atom is 0.119 e. The topological polar surface area (TPSA) is 9.23 Å². The van der Waals surface area contributed by atoms with Gasteiger partial charge in [-0.05, 0) is 73.1 Å². The van der Waals surface area contributed by atoms with Gasteiger partial charge in [-0.15, -0.1) is 0 Å². The largest absolute Gasteiger partial charge is 0.494 e. The van der Waals surface area contributed by atoms with Crippen molar-refractivity contribution in [3.8, 4) is 17.6 Å². The molecule has 3 rings (SSSR count). The fraction of sp³-hybridized carbons (Fsp3) is 0.548. The smallest absolute Gasteiger partial charge is 0.119 e. The molecule has 0 radical (unpaired) electrons. The molecule has 1 heteroatoms. The third kappa shape index (κ3) is 8.74. The van der Waals surface area contributed by atoms with Gasteiger partial charge in [0.1, 0.15) is 5.75 Å². The second-order valence-corrected chi connectivity index (χ2v) is 9.59. The van der Waals surface area contributed by atoms with E-state index in [2.05, 4.69) is 50.0 Å². The van der Waals surface area contributed by atoms with Crippen molar-refractivity contribution in [1.82, 2.24) is 0 Å². The number of hydrogen-bond acceptors (Lipinski definition) is 1. The van der Waals surface area contributed by atoms with E-state index < -0.39 is 0 Å². The highest BCUT2D eigenvalue weighted by atomic mass is 16.5. The molecular weight excluding hydrogens is 388 g/mol. The van der Waals surface area contributed by atoms with Gasteiger partial charge in [0, 0.05) is 11.1 Å². The van der Waals surface area contributed by atoms with E-state index in [4.69, 9.17) is 4.74 Å². The van der Waals surface area contributed by atoms with E-state index in [0.717, 1.165) is 48.2 Å². The Morgan fingerprint density at radius 1 is 0.688 bits per heavy atom. The van der Waals surface area contributed by atoms with Crippen molar-refractivity contribution in [2.45, 2.75) is 90.9 Å². The first-order valence-electron chi connectivity index (χ1n) is 13.1. The summed E-state index contributed by atoms with van der Waals surface area (Å²) < 4.78 is 5.72. The molecule has 1 aliphatic carbocycles. The fourth-order valence-electron chi connectivity index (χ4n) is 4.73. The predicted molar refractivity (Wildman–Crippen MR) is 137 cm³/mol. The molecule has 0 aliphatic heterocycles. The lowest BCUT2D eigenvalue weighted by molar-refractivity contribution is 0.249. The van der Waals surface area contributed by atoms with Crippen LogP contribution in [-0.4, -0.2) is 6.61 Å². The van der Waals surface area contributed by atoms with Crippen LogP contribution in [0.4, 0.5) is 0 Å². The van der Waals surface area contributed by atoms with Gasteiger partial charge in [-0.25, -0.2) is 0 Å². The Kier molecular flexibility index (Phi) is 10.7. The van der Waals surface area contributed by atoms with Gasteiger partial charge in [0.15, 0.2) is 0 Å². The van der Waals surface area contributed by atoms with Gasteiger partial charge in [0.05, 0.1) is 6.61 Å². The summed E-state index contributed by atoms with van der Waals surface area (Å²) in [5.74, 6) is 9.45. The third-order valence-corrected chi connectivity index (χ3v) is 6.95. The number of benzene rings is 2. The van der Waals surface area contributed by atoms with Crippen molar-refractivity contribution in [1.29, 1.82) is 0 Å². The molecule has 32 heavy (non-hydrogen) atoms. The Labute approximate surface area is 197 Å². The minimum absolute atomic E-state index is 0.786. The van der Waals surface area contributed by atoms with Crippen LogP contribution in [0.1, 0.15) is 101 Å². The SMILES string of the molecule is CCCCCC1CCC(CCc2ccc(C#Cc3ccc(OCCCC)cc3)cc2)CC1. The van der Waals surface area contributed by atoms with Crippen LogP contribution in [-0.2, 0) is 6.42 Å². The number of hydrogen-bond donors (Lipinski definition) is 0. The molecule has 0 unspecified atom stereocenters. The quantitative estimate of drug-likeness (QED) is 0.256. The van der Waals surface area contributed by atoms with Gasteiger partial charge in [-0.2, -0.15) is 0 Å². The molecule has 2 aromatic rings. The summed E-state index contributed by atoms with van der Waals surface area (Å²) in [6.45, 7) is 5.27. The average molecular weight is 431 g/mol. The van der Waals surface area contributed by atoms with Crippen LogP contribution in [0.25, 0.3) is 0 Å². The summed E-state index contributed by atoms with van der Waals surface area (Å²) in [5.41, 5.74) is 3.57. The molecule has 0 heterocycles. The second kappa shape index (κ2) is 14.1. The predicted octanol–water partition coefficient (Wildman–Crippen LogP) is 8.58. The van der Waals surface area contributed by atoms with Gasteiger partial charge in [-0.3, -0.25) is 0 Å². The van der Waals surface area contributed by atoms with Crippen LogP contribution >= 0.6 is 0 Å². The van der Waals surface area contributed by atoms with Gasteiger partial charge in [-0.1, -0.05) is 95.6 Å². The molecule has 1 saturated carbocycles. The van der Waals surface area contributed by atoms with E-state index in [1.807, 2.05) is 24.3 Å². The zero-order chi connectivity index (χ0) is 22.4. The van der Waals surface area contributed by atoms with Crippen LogP contribution in [0, 0.1) is 23.7 Å². The normalized spacial score (nSPS) is 18.1. The Morgan fingerprint density at radius 2 is 1.25 bits per heavy atom. The van der Waals surface area contributed by atoms with Crippen LogP contribution in [0.15, 0.2) is 48.5 Å². The maximum atomic E-state index is 5.72. The Morgan fingerprint density at radius 3 is 1.84 bits per heavy atom. The Bertz CT molecular complexity index is 814. The Balaban J connectivity index is 1.39. The molecule has 2 aromatic carbocycles. The highest BCUT2D eigenvalue weighted by molar-refractivity contribution is 5.44. The van der Waals surface area contributed by atoms with E-state index >= 15 is 0 Å². The molecule has 1 aliphatic rings. The number of aryl methyl sites for hydroxylation is 1. The first-order valence-corrected chi connectivity index (χ1v) is 13.1. The first kappa shape index (κ1) is 24.4. The lowest BCUT2D eigenvalue weighted by Crippen LogP contribution is -2.15. The monoisotopic (exact) mass is 430 g/mol. The minimum Gasteiger partial charge on any atom is -0.494 e. The molecule has 0 N–H and O–H groups in total. The van der Waals surface area contributed by atoms with E-state index in [-0.39, 0.29) is 0 Å². The molecule has 0 bridgehead atoms. The van der Waals surface area contributed by atoms with Crippen LogP contribution < -0.4 is 4.74 Å². The van der Waals surface area contributed by atoms with Crippen molar-refractivity contribution >= 4 is 0 Å². The van der Waals surface area contributed by atoms with E-state index in [9.17, 15) is 0 Å². The van der Waals surface area contributed by atoms with Gasteiger partial charge in [0.25, 0.3) is 0 Å². The molecule has 1 fully saturated rings. The van der Waals surface area contributed by atoms with Gasteiger partial charge >= 0.3 is 0 Å². The van der Waals surface area contributed by atoms with Crippen molar-refractivity contribution in [2.75, 3.05) is 6.61 Å². The Hall–Kier alpha value is -2.20. The van der Waals surface area contributed by atoms with E-state index in [1.165, 1.54) is 69.8 Å². The number of rotatable bonds is 11. The van der Waals surface area contributed by atoms with Crippen LogP contribution in [0.5, 0.6) is 5.75 Å². The molecule has 0 atom stereocenters. The molecule has 1 nitrogen and oxygen atoms in total. The van der Waals surface area contributed by atoms with Gasteiger partial charge in [0.2, 0.25) is 0 Å². The summed E-state index contributed by atoms with van der Waals surface area (Å²) in [5, 5.41) is 0. The maximum absolute atomic E-state index is 5.72. The van der Waals surface area contributed by atoms with Gasteiger partial charge < -0.3 is 4.74 Å². The fourth-order valence-corrected chi connectivity index (χ4v) is 4.73. The standard InChI is InChI=1S/C31H42O/c1-3-5-7-8-26-9-11-27(12-10-26)13-14-28-15-17-29(18-16-28)19-20-30-21-23-31(24-22-30)32-25-6-4-2/h15-18,21-24,26-27H,3-14,25H2,1-2H3. The van der Waals surface area contributed by atoms with Crippen molar-refractivity contribution in [3.63, 3.8) is 0 Å². The zero-order valence-corrected chi connectivity index (χ0v) is 20.4. The van der Waals surface area contributed by atoms with Crippen molar-refractivity contribution < 1.29 is 4.74 Å². The minimum atomic E-state index is 0.786. The average Bonchev–Trinajstić information content (AvgIpc) is 2.84. The highest BCUT2D eigenvalue weighted by Crippen LogP contribution is 2.34. The highest BCUT2D eigenvalue weighted by Gasteiger charge is 2.20. The first-order chi connectivity index (χ1) is 15.8. The molecule has 0 aromatic heterocycles. The lowest BCUT2D eigenvalue weighted by Gasteiger charge is -2.28.